The first kappa shape index (κ1) is 18.8. The summed E-state index contributed by atoms with van der Waals surface area (Å²) in [6, 6.07) is 7.23. The van der Waals surface area contributed by atoms with E-state index in [-0.39, 0.29) is 12.0 Å². The van der Waals surface area contributed by atoms with Crippen molar-refractivity contribution >= 4 is 12.0 Å². The number of nitrogens with zero attached hydrogens (tertiary/aromatic N) is 6. The van der Waals surface area contributed by atoms with Gasteiger partial charge < -0.3 is 14.5 Å². The summed E-state index contributed by atoms with van der Waals surface area (Å²) < 4.78 is 6.94. The molecule has 144 valence electrons. The van der Waals surface area contributed by atoms with E-state index < -0.39 is 5.60 Å². The number of ether oxygens (including phenoxy) is 1. The lowest BCUT2D eigenvalue weighted by Gasteiger charge is -2.35. The van der Waals surface area contributed by atoms with Crippen LogP contribution in [0.15, 0.2) is 24.3 Å². The number of hydrogen-bond donors (Lipinski definition) is 0. The van der Waals surface area contributed by atoms with Crippen LogP contribution in [0, 0.1) is 6.92 Å². The molecule has 1 aliphatic heterocycles. The number of piperazine rings is 1. The summed E-state index contributed by atoms with van der Waals surface area (Å²) in [7, 11) is 0. The monoisotopic (exact) mass is 372 g/mol. The van der Waals surface area contributed by atoms with Gasteiger partial charge in [-0.05, 0) is 50.3 Å². The van der Waals surface area contributed by atoms with E-state index in [2.05, 4.69) is 15.5 Å². The maximum Gasteiger partial charge on any atom is 0.410 e. The molecule has 1 saturated heterocycles. The Balaban J connectivity index is 1.71. The van der Waals surface area contributed by atoms with Crippen LogP contribution in [-0.4, -0.2) is 73.8 Å². The normalized spacial score (nSPS) is 15.0. The zero-order valence-corrected chi connectivity index (χ0v) is 16.0. The molecule has 0 aliphatic carbocycles. The van der Waals surface area contributed by atoms with Crippen molar-refractivity contribution < 1.29 is 14.3 Å². The SMILES string of the molecule is Cc1nnnn1-c1ccccc1C(=O)N1CCN(C(=O)OC(C)(C)C)CC1. The van der Waals surface area contributed by atoms with Crippen LogP contribution in [0.3, 0.4) is 0 Å². The molecule has 2 heterocycles. The van der Waals surface area contributed by atoms with Crippen LogP contribution in [0.1, 0.15) is 37.0 Å². The van der Waals surface area contributed by atoms with E-state index in [4.69, 9.17) is 4.74 Å². The van der Waals surface area contributed by atoms with Gasteiger partial charge >= 0.3 is 6.09 Å². The minimum absolute atomic E-state index is 0.107. The molecule has 0 spiro atoms. The van der Waals surface area contributed by atoms with Gasteiger partial charge in [-0.1, -0.05) is 12.1 Å². The summed E-state index contributed by atoms with van der Waals surface area (Å²) in [5.41, 5.74) is 0.630. The molecule has 9 nitrogen and oxygen atoms in total. The molecule has 0 unspecified atom stereocenters. The largest absolute Gasteiger partial charge is 0.444 e. The summed E-state index contributed by atoms with van der Waals surface area (Å²) >= 11 is 0. The van der Waals surface area contributed by atoms with Gasteiger partial charge in [0, 0.05) is 26.2 Å². The molecular formula is C18H24N6O3. The number of benzene rings is 1. The molecule has 2 aromatic rings. The maximum absolute atomic E-state index is 13.0. The van der Waals surface area contributed by atoms with Gasteiger partial charge in [0.1, 0.15) is 5.60 Å². The minimum atomic E-state index is -0.535. The van der Waals surface area contributed by atoms with Gasteiger partial charge in [-0.2, -0.15) is 4.68 Å². The summed E-state index contributed by atoms with van der Waals surface area (Å²) in [5, 5.41) is 11.5. The highest BCUT2D eigenvalue weighted by molar-refractivity contribution is 5.98. The predicted molar refractivity (Wildman–Crippen MR) is 97.6 cm³/mol. The van der Waals surface area contributed by atoms with Crippen molar-refractivity contribution in [3.8, 4) is 5.69 Å². The molecule has 1 fully saturated rings. The Morgan fingerprint density at radius 1 is 1.04 bits per heavy atom. The minimum Gasteiger partial charge on any atom is -0.444 e. The molecule has 27 heavy (non-hydrogen) atoms. The second-order valence-corrected chi connectivity index (χ2v) is 7.41. The smallest absolute Gasteiger partial charge is 0.410 e. The Morgan fingerprint density at radius 2 is 1.67 bits per heavy atom. The Morgan fingerprint density at radius 3 is 2.26 bits per heavy atom. The zero-order valence-electron chi connectivity index (χ0n) is 16.0. The first-order valence-corrected chi connectivity index (χ1v) is 8.88. The summed E-state index contributed by atoms with van der Waals surface area (Å²) in [5.74, 6) is 0.495. The van der Waals surface area contributed by atoms with Crippen molar-refractivity contribution in [1.29, 1.82) is 0 Å². The molecule has 2 amide bonds. The van der Waals surface area contributed by atoms with Crippen LogP contribution >= 0.6 is 0 Å². The van der Waals surface area contributed by atoms with Crippen LogP contribution in [0.2, 0.25) is 0 Å². The Bertz CT molecular complexity index is 834. The average Bonchev–Trinajstić information content (AvgIpc) is 3.05. The molecule has 1 aromatic heterocycles. The molecule has 0 radical (unpaired) electrons. The van der Waals surface area contributed by atoms with E-state index in [1.54, 1.807) is 27.5 Å². The predicted octanol–water partition coefficient (Wildman–Crippen LogP) is 1.66. The van der Waals surface area contributed by atoms with Crippen LogP contribution in [-0.2, 0) is 4.74 Å². The van der Waals surface area contributed by atoms with Gasteiger partial charge in [0.25, 0.3) is 5.91 Å². The van der Waals surface area contributed by atoms with Crippen molar-refractivity contribution in [3.63, 3.8) is 0 Å². The second kappa shape index (κ2) is 7.34. The first-order chi connectivity index (χ1) is 12.8. The van der Waals surface area contributed by atoms with Gasteiger partial charge in [-0.25, -0.2) is 4.79 Å². The summed E-state index contributed by atoms with van der Waals surface area (Å²) in [4.78, 5) is 28.6. The Kier molecular flexibility index (Phi) is 5.11. The zero-order chi connectivity index (χ0) is 19.6. The van der Waals surface area contributed by atoms with Crippen LogP contribution in [0.25, 0.3) is 5.69 Å². The number of aryl methyl sites for hydroxylation is 1. The van der Waals surface area contributed by atoms with E-state index in [9.17, 15) is 9.59 Å². The number of aromatic nitrogens is 4. The van der Waals surface area contributed by atoms with E-state index in [0.717, 1.165) is 0 Å². The van der Waals surface area contributed by atoms with Crippen LogP contribution < -0.4 is 0 Å². The Hall–Kier alpha value is -2.97. The standard InChI is InChI=1S/C18H24N6O3/c1-13-19-20-21-24(13)15-8-6-5-7-14(15)16(25)22-9-11-23(12-10-22)17(26)27-18(2,3)4/h5-8H,9-12H2,1-4H3. The molecule has 0 atom stereocenters. The van der Waals surface area contributed by atoms with E-state index in [1.165, 1.54) is 0 Å². The van der Waals surface area contributed by atoms with Gasteiger partial charge in [-0.15, -0.1) is 5.10 Å². The third kappa shape index (κ3) is 4.24. The fraction of sp³-hybridized carbons (Fsp3) is 0.500. The van der Waals surface area contributed by atoms with Crippen molar-refractivity contribution in [2.45, 2.75) is 33.3 Å². The van der Waals surface area contributed by atoms with Crippen molar-refractivity contribution in [2.75, 3.05) is 26.2 Å². The topological polar surface area (TPSA) is 93.5 Å². The van der Waals surface area contributed by atoms with Gasteiger partial charge in [0.15, 0.2) is 5.82 Å². The first-order valence-electron chi connectivity index (χ1n) is 8.88. The molecule has 1 aromatic carbocycles. The summed E-state index contributed by atoms with van der Waals surface area (Å²) in [6.45, 7) is 9.05. The van der Waals surface area contributed by atoms with Crippen molar-refractivity contribution in [3.05, 3.63) is 35.7 Å². The lowest BCUT2D eigenvalue weighted by atomic mass is 10.1. The van der Waals surface area contributed by atoms with E-state index in [0.29, 0.717) is 43.3 Å². The van der Waals surface area contributed by atoms with Crippen LogP contribution in [0.4, 0.5) is 4.79 Å². The highest BCUT2D eigenvalue weighted by atomic mass is 16.6. The fourth-order valence-corrected chi connectivity index (χ4v) is 2.88. The molecule has 3 rings (SSSR count). The van der Waals surface area contributed by atoms with E-state index in [1.807, 2.05) is 39.0 Å². The third-order valence-corrected chi connectivity index (χ3v) is 4.21. The molecule has 1 aliphatic rings. The van der Waals surface area contributed by atoms with Gasteiger partial charge in [-0.3, -0.25) is 4.79 Å². The molecule has 0 saturated carbocycles. The number of tetrazole rings is 1. The maximum atomic E-state index is 13.0. The van der Waals surface area contributed by atoms with E-state index >= 15 is 0 Å². The van der Waals surface area contributed by atoms with Crippen LogP contribution in [0.5, 0.6) is 0 Å². The van der Waals surface area contributed by atoms with Crippen molar-refractivity contribution in [1.82, 2.24) is 30.0 Å². The highest BCUT2D eigenvalue weighted by Gasteiger charge is 2.29. The lowest BCUT2D eigenvalue weighted by molar-refractivity contribution is 0.0141. The molecule has 0 bridgehead atoms. The quantitative estimate of drug-likeness (QED) is 0.796. The molecule has 9 heteroatoms. The Labute approximate surface area is 157 Å². The number of para-hydroxylation sites is 1. The number of rotatable bonds is 2. The number of amides is 2. The third-order valence-electron chi connectivity index (χ3n) is 4.21. The fourth-order valence-electron chi connectivity index (χ4n) is 2.88. The summed E-state index contributed by atoms with van der Waals surface area (Å²) in [6.07, 6.45) is -0.348. The molecular weight excluding hydrogens is 348 g/mol. The number of hydrogen-bond acceptors (Lipinski definition) is 6. The second-order valence-electron chi connectivity index (χ2n) is 7.41. The van der Waals surface area contributed by atoms with Gasteiger partial charge in [0.05, 0.1) is 11.3 Å². The van der Waals surface area contributed by atoms with Crippen molar-refractivity contribution in [2.24, 2.45) is 0 Å². The average molecular weight is 372 g/mol. The van der Waals surface area contributed by atoms with Gasteiger partial charge in [0.2, 0.25) is 0 Å². The lowest BCUT2D eigenvalue weighted by Crippen LogP contribution is -2.51. The highest BCUT2D eigenvalue weighted by Crippen LogP contribution is 2.18. The number of carbonyl (C=O) groups is 2. The molecule has 0 N–H and O–H groups in total. The number of carbonyl (C=O) groups excluding carboxylic acids is 2.